The standard InChI is InChI=1S/C18H24N2O4/c1-12(2)24-18(22)19-14-9-6-10-20-15(11-23-17(21)16(14)20)13-7-4-3-5-8-13/h3-5,7-8,12,14-16H,6,9-11H2,1-2H3,(H,19,22)/t14-,15+,16-/m0/s1. The molecule has 2 aliphatic rings. The van der Waals surface area contributed by atoms with E-state index in [0.29, 0.717) is 6.61 Å². The smallest absolute Gasteiger partial charge is 0.407 e. The normalized spacial score (nSPS) is 27.3. The molecule has 2 saturated heterocycles. The zero-order chi connectivity index (χ0) is 17.1. The van der Waals surface area contributed by atoms with E-state index < -0.39 is 12.1 Å². The largest absolute Gasteiger partial charge is 0.462 e. The van der Waals surface area contributed by atoms with Crippen LogP contribution in [-0.4, -0.2) is 48.3 Å². The molecule has 3 rings (SSSR count). The lowest BCUT2D eigenvalue weighted by atomic mass is 9.91. The number of ether oxygens (including phenoxy) is 2. The van der Waals surface area contributed by atoms with Crippen molar-refractivity contribution in [2.75, 3.05) is 13.2 Å². The second kappa shape index (κ2) is 7.21. The average molecular weight is 332 g/mol. The molecular weight excluding hydrogens is 308 g/mol. The van der Waals surface area contributed by atoms with E-state index in [1.165, 1.54) is 0 Å². The third-order valence-electron chi connectivity index (χ3n) is 4.53. The Morgan fingerprint density at radius 1 is 1.33 bits per heavy atom. The molecule has 0 bridgehead atoms. The number of cyclic esters (lactones) is 1. The Morgan fingerprint density at radius 2 is 2.08 bits per heavy atom. The highest BCUT2D eigenvalue weighted by Gasteiger charge is 2.45. The summed E-state index contributed by atoms with van der Waals surface area (Å²) >= 11 is 0. The summed E-state index contributed by atoms with van der Waals surface area (Å²) in [5.74, 6) is -0.267. The Labute approximate surface area is 142 Å². The highest BCUT2D eigenvalue weighted by atomic mass is 16.6. The van der Waals surface area contributed by atoms with Crippen molar-refractivity contribution in [3.8, 4) is 0 Å². The molecule has 1 aromatic carbocycles. The predicted octanol–water partition coefficient (Wildman–Crippen LogP) is 2.25. The molecule has 6 heteroatoms. The fourth-order valence-electron chi connectivity index (χ4n) is 3.53. The lowest BCUT2D eigenvalue weighted by Crippen LogP contribution is -2.63. The van der Waals surface area contributed by atoms with Crippen molar-refractivity contribution >= 4 is 12.1 Å². The maximum Gasteiger partial charge on any atom is 0.407 e. The first kappa shape index (κ1) is 16.8. The van der Waals surface area contributed by atoms with Gasteiger partial charge >= 0.3 is 12.1 Å². The van der Waals surface area contributed by atoms with Crippen molar-refractivity contribution < 1.29 is 19.1 Å². The fraction of sp³-hybridized carbons (Fsp3) is 0.556. The Morgan fingerprint density at radius 3 is 2.79 bits per heavy atom. The lowest BCUT2D eigenvalue weighted by Gasteiger charge is -2.46. The minimum atomic E-state index is -0.480. The first-order valence-corrected chi connectivity index (χ1v) is 8.50. The summed E-state index contributed by atoms with van der Waals surface area (Å²) in [7, 11) is 0. The number of carbonyl (C=O) groups excluding carboxylic acids is 2. The third kappa shape index (κ3) is 3.53. The number of carbonyl (C=O) groups is 2. The van der Waals surface area contributed by atoms with E-state index in [-0.39, 0.29) is 24.2 Å². The molecule has 24 heavy (non-hydrogen) atoms. The predicted molar refractivity (Wildman–Crippen MR) is 88.4 cm³/mol. The van der Waals surface area contributed by atoms with Gasteiger partial charge < -0.3 is 14.8 Å². The first-order chi connectivity index (χ1) is 11.6. The number of rotatable bonds is 3. The van der Waals surface area contributed by atoms with E-state index in [4.69, 9.17) is 9.47 Å². The molecule has 3 atom stereocenters. The lowest BCUT2D eigenvalue weighted by molar-refractivity contribution is -0.167. The molecule has 2 aliphatic heterocycles. The van der Waals surface area contributed by atoms with E-state index >= 15 is 0 Å². The second-order valence-corrected chi connectivity index (χ2v) is 6.59. The van der Waals surface area contributed by atoms with Gasteiger partial charge in [0.25, 0.3) is 0 Å². The summed E-state index contributed by atoms with van der Waals surface area (Å²) in [5.41, 5.74) is 1.13. The summed E-state index contributed by atoms with van der Waals surface area (Å²) in [6, 6.07) is 9.32. The monoisotopic (exact) mass is 332 g/mol. The number of nitrogens with zero attached hydrogens (tertiary/aromatic N) is 1. The number of hydrogen-bond acceptors (Lipinski definition) is 5. The zero-order valence-corrected chi connectivity index (χ0v) is 14.1. The zero-order valence-electron chi connectivity index (χ0n) is 14.1. The van der Waals surface area contributed by atoms with Crippen LogP contribution in [0.4, 0.5) is 4.79 Å². The molecule has 130 valence electrons. The van der Waals surface area contributed by atoms with E-state index in [0.717, 1.165) is 24.9 Å². The minimum absolute atomic E-state index is 0.0274. The van der Waals surface area contributed by atoms with Crippen molar-refractivity contribution in [2.45, 2.75) is 50.9 Å². The summed E-state index contributed by atoms with van der Waals surface area (Å²) in [5, 5.41) is 2.85. The molecule has 0 radical (unpaired) electrons. The van der Waals surface area contributed by atoms with Gasteiger partial charge in [0.05, 0.1) is 18.2 Å². The van der Waals surface area contributed by atoms with Crippen LogP contribution in [0.25, 0.3) is 0 Å². The minimum Gasteiger partial charge on any atom is -0.462 e. The van der Waals surface area contributed by atoms with Crippen LogP contribution in [0.5, 0.6) is 0 Å². The molecular formula is C18H24N2O4. The molecule has 1 amide bonds. The maximum absolute atomic E-state index is 12.4. The van der Waals surface area contributed by atoms with Gasteiger partial charge in [-0.15, -0.1) is 0 Å². The number of esters is 1. The van der Waals surface area contributed by atoms with Crippen LogP contribution in [0.1, 0.15) is 38.3 Å². The van der Waals surface area contributed by atoms with E-state index in [2.05, 4.69) is 10.2 Å². The van der Waals surface area contributed by atoms with Gasteiger partial charge in [-0.05, 0) is 38.8 Å². The number of benzene rings is 1. The second-order valence-electron chi connectivity index (χ2n) is 6.59. The van der Waals surface area contributed by atoms with Gasteiger partial charge in [-0.3, -0.25) is 9.69 Å². The molecule has 6 nitrogen and oxygen atoms in total. The number of morpholine rings is 1. The molecule has 2 heterocycles. The molecule has 0 saturated carbocycles. The molecule has 1 aromatic rings. The number of alkyl carbamates (subject to hydrolysis) is 1. The number of hydrogen-bond donors (Lipinski definition) is 1. The average Bonchev–Trinajstić information content (AvgIpc) is 2.55. The molecule has 2 fully saturated rings. The molecule has 0 spiro atoms. The van der Waals surface area contributed by atoms with Crippen molar-refractivity contribution in [1.29, 1.82) is 0 Å². The highest BCUT2D eigenvalue weighted by molar-refractivity contribution is 5.79. The van der Waals surface area contributed by atoms with Crippen LogP contribution in [0.2, 0.25) is 0 Å². The van der Waals surface area contributed by atoms with Gasteiger partial charge in [0.1, 0.15) is 12.6 Å². The van der Waals surface area contributed by atoms with Gasteiger partial charge in [-0.25, -0.2) is 4.79 Å². The summed E-state index contributed by atoms with van der Waals surface area (Å²) in [6.07, 6.45) is 0.983. The van der Waals surface area contributed by atoms with Gasteiger partial charge in [0, 0.05) is 0 Å². The van der Waals surface area contributed by atoms with Gasteiger partial charge in [0.15, 0.2) is 0 Å². The Kier molecular flexibility index (Phi) is 5.04. The van der Waals surface area contributed by atoms with Gasteiger partial charge in [-0.1, -0.05) is 30.3 Å². The van der Waals surface area contributed by atoms with Crippen molar-refractivity contribution in [1.82, 2.24) is 10.2 Å². The van der Waals surface area contributed by atoms with Crippen molar-refractivity contribution in [2.24, 2.45) is 0 Å². The Bertz CT molecular complexity index is 590. The fourth-order valence-corrected chi connectivity index (χ4v) is 3.53. The van der Waals surface area contributed by atoms with Crippen LogP contribution >= 0.6 is 0 Å². The van der Waals surface area contributed by atoms with Crippen LogP contribution in [0.3, 0.4) is 0 Å². The Hall–Kier alpha value is -2.08. The highest BCUT2D eigenvalue weighted by Crippen LogP contribution is 2.33. The number of amides is 1. The number of nitrogens with one attached hydrogen (secondary N) is 1. The SMILES string of the molecule is CC(C)OC(=O)N[C@H]1CCCN2[C@@H](c3ccccc3)COC(=O)[C@H]12. The molecule has 0 aromatic heterocycles. The van der Waals surface area contributed by atoms with Gasteiger partial charge in [0.2, 0.25) is 0 Å². The molecule has 1 N–H and O–H groups in total. The summed E-state index contributed by atoms with van der Waals surface area (Å²) in [4.78, 5) is 26.5. The summed E-state index contributed by atoms with van der Waals surface area (Å²) in [6.45, 7) is 4.76. The quantitative estimate of drug-likeness (QED) is 0.860. The van der Waals surface area contributed by atoms with Crippen LogP contribution in [0, 0.1) is 0 Å². The molecule has 0 aliphatic carbocycles. The van der Waals surface area contributed by atoms with Crippen molar-refractivity contribution in [3.63, 3.8) is 0 Å². The number of fused-ring (bicyclic) bond motifs is 1. The van der Waals surface area contributed by atoms with E-state index in [1.807, 2.05) is 30.3 Å². The van der Waals surface area contributed by atoms with Crippen molar-refractivity contribution in [3.05, 3.63) is 35.9 Å². The first-order valence-electron chi connectivity index (χ1n) is 8.50. The summed E-state index contributed by atoms with van der Waals surface area (Å²) < 4.78 is 10.6. The van der Waals surface area contributed by atoms with E-state index in [9.17, 15) is 9.59 Å². The van der Waals surface area contributed by atoms with Crippen LogP contribution < -0.4 is 5.32 Å². The van der Waals surface area contributed by atoms with Crippen LogP contribution in [-0.2, 0) is 14.3 Å². The molecule has 0 unspecified atom stereocenters. The topological polar surface area (TPSA) is 67.9 Å². The van der Waals surface area contributed by atoms with Gasteiger partial charge in [-0.2, -0.15) is 0 Å². The van der Waals surface area contributed by atoms with E-state index in [1.54, 1.807) is 13.8 Å². The number of piperidine rings is 1. The Balaban J connectivity index is 1.77. The van der Waals surface area contributed by atoms with Crippen LogP contribution in [0.15, 0.2) is 30.3 Å². The third-order valence-corrected chi connectivity index (χ3v) is 4.53. The maximum atomic E-state index is 12.4.